The van der Waals surface area contributed by atoms with E-state index >= 15 is 0 Å². The number of ether oxygens (including phenoxy) is 1. The van der Waals surface area contributed by atoms with Gasteiger partial charge in [0, 0.05) is 11.4 Å². The predicted octanol–water partition coefficient (Wildman–Crippen LogP) is 3.81. The molecule has 1 N–H and O–H groups in total. The highest BCUT2D eigenvalue weighted by Crippen LogP contribution is 2.27. The second kappa shape index (κ2) is 7.63. The Kier molecular flexibility index (Phi) is 6.85. The maximum absolute atomic E-state index is 11.8. The van der Waals surface area contributed by atoms with Gasteiger partial charge in [-0.3, -0.25) is 0 Å². The first-order valence-corrected chi connectivity index (χ1v) is 8.83. The minimum absolute atomic E-state index is 0.236. The molecule has 1 aliphatic heterocycles. The molecule has 1 rings (SSSR count). The minimum Gasteiger partial charge on any atom is -0.444 e. The fourth-order valence-electron chi connectivity index (χ4n) is 2.12. The van der Waals surface area contributed by atoms with Gasteiger partial charge in [0.05, 0.1) is 0 Å². The van der Waals surface area contributed by atoms with Gasteiger partial charge in [0.25, 0.3) is 0 Å². The summed E-state index contributed by atoms with van der Waals surface area (Å²) >= 11 is 5.48. The molecule has 0 aromatic carbocycles. The Balaban J connectivity index is 2.48. The molecule has 0 bridgehead atoms. The molecule has 0 aromatic heterocycles. The van der Waals surface area contributed by atoms with Crippen LogP contribution in [-0.2, 0) is 4.74 Å². The fraction of sp³-hybridized carbons (Fsp3) is 0.923. The van der Waals surface area contributed by atoms with Crippen LogP contribution in [0.1, 0.15) is 40.0 Å². The molecule has 1 amide bonds. The van der Waals surface area contributed by atoms with E-state index in [2.05, 4.69) is 21.2 Å². The number of halogens is 1. The van der Waals surface area contributed by atoms with Gasteiger partial charge in [-0.2, -0.15) is 11.8 Å². The topological polar surface area (TPSA) is 38.3 Å². The number of hydrogen-bond donors (Lipinski definition) is 1. The molecular weight excluding hydrogens is 314 g/mol. The first kappa shape index (κ1) is 16.2. The summed E-state index contributed by atoms with van der Waals surface area (Å²) in [7, 11) is 0. The standard InChI is InChI=1S/C13H24BrNO2S/c1-13(2,3)17-12(16)15-11(4-7-14)10-5-8-18-9-6-10/h10-11H,4-9H2,1-3H3,(H,15,16). The molecule has 18 heavy (non-hydrogen) atoms. The summed E-state index contributed by atoms with van der Waals surface area (Å²) in [5, 5.41) is 3.96. The van der Waals surface area contributed by atoms with Crippen molar-refractivity contribution in [3.8, 4) is 0 Å². The van der Waals surface area contributed by atoms with Crippen LogP contribution >= 0.6 is 27.7 Å². The summed E-state index contributed by atoms with van der Waals surface area (Å²) < 4.78 is 5.33. The minimum atomic E-state index is -0.425. The number of carbonyl (C=O) groups excluding carboxylic acids is 1. The number of alkyl carbamates (subject to hydrolysis) is 1. The number of amides is 1. The largest absolute Gasteiger partial charge is 0.444 e. The van der Waals surface area contributed by atoms with Crippen LogP contribution in [-0.4, -0.2) is 34.6 Å². The zero-order valence-electron chi connectivity index (χ0n) is 11.5. The smallest absolute Gasteiger partial charge is 0.407 e. The molecule has 5 heteroatoms. The van der Waals surface area contributed by atoms with Crippen molar-refractivity contribution in [2.24, 2.45) is 5.92 Å². The number of carbonyl (C=O) groups is 1. The van der Waals surface area contributed by atoms with Crippen LogP contribution < -0.4 is 5.32 Å². The van der Waals surface area contributed by atoms with Gasteiger partial charge >= 0.3 is 6.09 Å². The highest BCUT2D eigenvalue weighted by molar-refractivity contribution is 9.09. The van der Waals surface area contributed by atoms with Gasteiger partial charge < -0.3 is 10.1 Å². The molecule has 1 saturated heterocycles. The van der Waals surface area contributed by atoms with Gasteiger partial charge in [0.2, 0.25) is 0 Å². The van der Waals surface area contributed by atoms with Crippen LogP contribution in [0.15, 0.2) is 0 Å². The lowest BCUT2D eigenvalue weighted by molar-refractivity contribution is 0.0482. The van der Waals surface area contributed by atoms with Gasteiger partial charge in [-0.1, -0.05) is 15.9 Å². The van der Waals surface area contributed by atoms with Crippen LogP contribution in [0.3, 0.4) is 0 Å². The number of rotatable bonds is 4. The molecule has 0 spiro atoms. The second-order valence-electron chi connectivity index (χ2n) is 5.68. The lowest BCUT2D eigenvalue weighted by atomic mass is 9.92. The second-order valence-corrected chi connectivity index (χ2v) is 7.70. The molecule has 0 aliphatic carbocycles. The Bertz CT molecular complexity index is 262. The zero-order valence-corrected chi connectivity index (χ0v) is 13.9. The Hall–Kier alpha value is 0.100. The summed E-state index contributed by atoms with van der Waals surface area (Å²) in [5.74, 6) is 3.01. The molecular formula is C13H24BrNO2S. The van der Waals surface area contributed by atoms with E-state index < -0.39 is 5.60 Å². The molecule has 3 nitrogen and oxygen atoms in total. The van der Waals surface area contributed by atoms with E-state index in [1.165, 1.54) is 24.3 Å². The van der Waals surface area contributed by atoms with Crippen molar-refractivity contribution < 1.29 is 9.53 Å². The summed E-state index contributed by atoms with van der Waals surface area (Å²) in [6, 6.07) is 0.236. The summed E-state index contributed by atoms with van der Waals surface area (Å²) in [6.07, 6.45) is 3.07. The Morgan fingerprint density at radius 1 is 1.44 bits per heavy atom. The molecule has 0 aromatic rings. The Labute approximate surface area is 123 Å². The van der Waals surface area contributed by atoms with E-state index in [9.17, 15) is 4.79 Å². The van der Waals surface area contributed by atoms with Gasteiger partial charge in [-0.05, 0) is 57.5 Å². The number of hydrogen-bond acceptors (Lipinski definition) is 3. The monoisotopic (exact) mass is 337 g/mol. The maximum Gasteiger partial charge on any atom is 0.407 e. The van der Waals surface area contributed by atoms with Crippen molar-refractivity contribution >= 4 is 33.8 Å². The Morgan fingerprint density at radius 3 is 2.56 bits per heavy atom. The van der Waals surface area contributed by atoms with Crippen LogP contribution in [0, 0.1) is 5.92 Å². The van der Waals surface area contributed by atoms with Crippen molar-refractivity contribution in [2.45, 2.75) is 51.7 Å². The van der Waals surface area contributed by atoms with Crippen LogP contribution in [0.2, 0.25) is 0 Å². The molecule has 1 heterocycles. The van der Waals surface area contributed by atoms with E-state index in [-0.39, 0.29) is 12.1 Å². The highest BCUT2D eigenvalue weighted by atomic mass is 79.9. The van der Waals surface area contributed by atoms with Crippen LogP contribution in [0.5, 0.6) is 0 Å². The first-order valence-electron chi connectivity index (χ1n) is 6.55. The lowest BCUT2D eigenvalue weighted by Gasteiger charge is -2.31. The third-order valence-corrected chi connectivity index (χ3v) is 4.46. The van der Waals surface area contributed by atoms with E-state index in [4.69, 9.17) is 4.74 Å². The molecule has 1 fully saturated rings. The molecule has 1 atom stereocenters. The van der Waals surface area contributed by atoms with E-state index in [0.717, 1.165) is 11.8 Å². The molecule has 1 unspecified atom stereocenters. The fourth-order valence-corrected chi connectivity index (χ4v) is 3.76. The van der Waals surface area contributed by atoms with Gasteiger partial charge in [-0.25, -0.2) is 4.79 Å². The maximum atomic E-state index is 11.8. The van der Waals surface area contributed by atoms with Gasteiger partial charge in [0.1, 0.15) is 5.60 Å². The molecule has 106 valence electrons. The Morgan fingerprint density at radius 2 is 2.06 bits per heavy atom. The first-order chi connectivity index (χ1) is 8.42. The number of alkyl halides is 1. The van der Waals surface area contributed by atoms with E-state index in [0.29, 0.717) is 5.92 Å². The van der Waals surface area contributed by atoms with Crippen molar-refractivity contribution in [1.82, 2.24) is 5.32 Å². The van der Waals surface area contributed by atoms with Crippen LogP contribution in [0.4, 0.5) is 4.79 Å². The predicted molar refractivity (Wildman–Crippen MR) is 81.6 cm³/mol. The molecule has 0 saturated carbocycles. The van der Waals surface area contributed by atoms with Crippen LogP contribution in [0.25, 0.3) is 0 Å². The SMILES string of the molecule is CC(C)(C)OC(=O)NC(CCBr)C1CCSCC1. The normalized spacial score (nSPS) is 19.3. The van der Waals surface area contributed by atoms with Gasteiger partial charge in [-0.15, -0.1) is 0 Å². The summed E-state index contributed by atoms with van der Waals surface area (Å²) in [5.41, 5.74) is -0.425. The summed E-state index contributed by atoms with van der Waals surface area (Å²) in [6.45, 7) is 5.68. The molecule has 0 radical (unpaired) electrons. The zero-order chi connectivity index (χ0) is 13.6. The third kappa shape index (κ3) is 6.32. The average molecular weight is 338 g/mol. The lowest BCUT2D eigenvalue weighted by Crippen LogP contribution is -2.44. The average Bonchev–Trinajstić information content (AvgIpc) is 2.27. The number of thioether (sulfide) groups is 1. The van der Waals surface area contributed by atoms with Crippen molar-refractivity contribution in [2.75, 3.05) is 16.8 Å². The van der Waals surface area contributed by atoms with E-state index in [1.54, 1.807) is 0 Å². The van der Waals surface area contributed by atoms with Crippen molar-refractivity contribution in [1.29, 1.82) is 0 Å². The quantitative estimate of drug-likeness (QED) is 0.792. The van der Waals surface area contributed by atoms with Gasteiger partial charge in [0.15, 0.2) is 0 Å². The van der Waals surface area contributed by atoms with Crippen molar-refractivity contribution in [3.63, 3.8) is 0 Å². The molecule has 1 aliphatic rings. The van der Waals surface area contributed by atoms with E-state index in [1.807, 2.05) is 32.5 Å². The summed E-state index contributed by atoms with van der Waals surface area (Å²) in [4.78, 5) is 11.8. The third-order valence-electron chi connectivity index (χ3n) is 2.96. The number of nitrogens with one attached hydrogen (secondary N) is 1. The highest BCUT2D eigenvalue weighted by Gasteiger charge is 2.26. The van der Waals surface area contributed by atoms with Crippen molar-refractivity contribution in [3.05, 3.63) is 0 Å².